The molecule has 0 spiro atoms. The molecule has 2 aromatic rings. The molecule has 0 fully saturated rings. The second kappa shape index (κ2) is 6.57. The molecule has 0 saturated carbocycles. The van der Waals surface area contributed by atoms with E-state index in [2.05, 4.69) is 11.3 Å². The van der Waals surface area contributed by atoms with Crippen LogP contribution < -0.4 is 4.74 Å². The maximum Gasteiger partial charge on any atom is 0.336 e. The molecule has 20 heavy (non-hydrogen) atoms. The summed E-state index contributed by atoms with van der Waals surface area (Å²) in [4.78, 5) is 11.2. The Bertz CT molecular complexity index is 603. The van der Waals surface area contributed by atoms with Crippen molar-refractivity contribution in [1.82, 2.24) is 0 Å². The van der Waals surface area contributed by atoms with Gasteiger partial charge in [-0.15, -0.1) is 0 Å². The van der Waals surface area contributed by atoms with Crippen LogP contribution in [-0.4, -0.2) is 19.7 Å². The molecule has 0 bridgehead atoms. The standard InChI is InChI=1S/C17H16O3/c1-13(17(18)19-2)12-20-16-10-6-9-15(11-16)14-7-4-3-5-8-14/h3-11H,1,12H2,2H3. The van der Waals surface area contributed by atoms with Gasteiger partial charge in [0.25, 0.3) is 0 Å². The van der Waals surface area contributed by atoms with Gasteiger partial charge in [-0.3, -0.25) is 0 Å². The predicted octanol–water partition coefficient (Wildman–Crippen LogP) is 3.46. The molecular weight excluding hydrogens is 252 g/mol. The SMILES string of the molecule is C=C(COc1cccc(-c2ccccc2)c1)C(=O)OC. The van der Waals surface area contributed by atoms with Gasteiger partial charge in [0.2, 0.25) is 0 Å². The van der Waals surface area contributed by atoms with E-state index in [4.69, 9.17) is 4.74 Å². The largest absolute Gasteiger partial charge is 0.489 e. The summed E-state index contributed by atoms with van der Waals surface area (Å²) >= 11 is 0. The van der Waals surface area contributed by atoms with Gasteiger partial charge >= 0.3 is 5.97 Å². The summed E-state index contributed by atoms with van der Waals surface area (Å²) in [6.45, 7) is 3.74. The topological polar surface area (TPSA) is 35.5 Å². The minimum Gasteiger partial charge on any atom is -0.489 e. The number of ether oxygens (including phenoxy) is 2. The first-order valence-corrected chi connectivity index (χ1v) is 6.25. The van der Waals surface area contributed by atoms with Crippen LogP contribution in [0.5, 0.6) is 5.75 Å². The molecule has 0 unspecified atom stereocenters. The summed E-state index contributed by atoms with van der Waals surface area (Å²) in [5.41, 5.74) is 2.47. The van der Waals surface area contributed by atoms with Crippen molar-refractivity contribution in [1.29, 1.82) is 0 Å². The van der Waals surface area contributed by atoms with Crippen LogP contribution in [0.2, 0.25) is 0 Å². The minimum atomic E-state index is -0.454. The molecular formula is C17H16O3. The molecule has 2 rings (SSSR count). The lowest BCUT2D eigenvalue weighted by atomic mass is 10.1. The predicted molar refractivity (Wildman–Crippen MR) is 78.5 cm³/mol. The van der Waals surface area contributed by atoms with E-state index in [0.717, 1.165) is 11.1 Å². The van der Waals surface area contributed by atoms with E-state index < -0.39 is 5.97 Å². The maximum atomic E-state index is 11.2. The van der Waals surface area contributed by atoms with Gasteiger partial charge < -0.3 is 9.47 Å². The number of hydrogen-bond acceptors (Lipinski definition) is 3. The average Bonchev–Trinajstić information content (AvgIpc) is 2.53. The normalized spacial score (nSPS) is 9.85. The Hall–Kier alpha value is -2.55. The Morgan fingerprint density at radius 2 is 1.75 bits per heavy atom. The summed E-state index contributed by atoms with van der Waals surface area (Å²) in [7, 11) is 1.32. The summed E-state index contributed by atoms with van der Waals surface area (Å²) in [6, 6.07) is 17.7. The molecule has 0 aromatic heterocycles. The number of rotatable bonds is 5. The maximum absolute atomic E-state index is 11.2. The van der Waals surface area contributed by atoms with E-state index in [0.29, 0.717) is 5.75 Å². The van der Waals surface area contributed by atoms with Crippen molar-refractivity contribution in [3.8, 4) is 16.9 Å². The van der Waals surface area contributed by atoms with E-state index in [1.165, 1.54) is 7.11 Å². The van der Waals surface area contributed by atoms with Crippen molar-refractivity contribution < 1.29 is 14.3 Å². The van der Waals surface area contributed by atoms with E-state index in [9.17, 15) is 4.79 Å². The van der Waals surface area contributed by atoms with Crippen LogP contribution in [0.1, 0.15) is 0 Å². The zero-order chi connectivity index (χ0) is 14.4. The van der Waals surface area contributed by atoms with Gasteiger partial charge in [-0.1, -0.05) is 49.0 Å². The lowest BCUT2D eigenvalue weighted by molar-refractivity contribution is -0.136. The van der Waals surface area contributed by atoms with E-state index >= 15 is 0 Å². The van der Waals surface area contributed by atoms with Crippen LogP contribution in [0.3, 0.4) is 0 Å². The van der Waals surface area contributed by atoms with Crippen LogP contribution >= 0.6 is 0 Å². The Morgan fingerprint density at radius 3 is 2.45 bits per heavy atom. The smallest absolute Gasteiger partial charge is 0.336 e. The molecule has 102 valence electrons. The van der Waals surface area contributed by atoms with E-state index in [-0.39, 0.29) is 12.2 Å². The highest BCUT2D eigenvalue weighted by molar-refractivity contribution is 5.87. The fourth-order valence-electron chi connectivity index (χ4n) is 1.77. The van der Waals surface area contributed by atoms with Crippen LogP contribution in [0, 0.1) is 0 Å². The molecule has 0 atom stereocenters. The first kappa shape index (κ1) is 13.9. The molecule has 0 aliphatic carbocycles. The summed E-state index contributed by atoms with van der Waals surface area (Å²) < 4.78 is 10.1. The highest BCUT2D eigenvalue weighted by atomic mass is 16.5. The van der Waals surface area contributed by atoms with Gasteiger partial charge in [-0.25, -0.2) is 4.79 Å². The lowest BCUT2D eigenvalue weighted by Gasteiger charge is -2.09. The molecule has 3 heteroatoms. The van der Waals surface area contributed by atoms with Crippen molar-refractivity contribution >= 4 is 5.97 Å². The first-order valence-electron chi connectivity index (χ1n) is 6.25. The molecule has 0 radical (unpaired) electrons. The minimum absolute atomic E-state index is 0.116. The molecule has 0 saturated heterocycles. The number of hydrogen-bond donors (Lipinski definition) is 0. The van der Waals surface area contributed by atoms with E-state index in [1.807, 2.05) is 54.6 Å². The molecule has 0 heterocycles. The zero-order valence-electron chi connectivity index (χ0n) is 11.3. The molecule has 0 aliphatic heterocycles. The Morgan fingerprint density at radius 1 is 1.05 bits per heavy atom. The second-order valence-corrected chi connectivity index (χ2v) is 4.28. The van der Waals surface area contributed by atoms with Crippen LogP contribution in [0.4, 0.5) is 0 Å². The van der Waals surface area contributed by atoms with Gasteiger partial charge in [-0.2, -0.15) is 0 Å². The molecule has 0 N–H and O–H groups in total. The summed E-state index contributed by atoms with van der Waals surface area (Å²) in [5.74, 6) is 0.237. The second-order valence-electron chi connectivity index (χ2n) is 4.28. The number of carbonyl (C=O) groups excluding carboxylic acids is 1. The van der Waals surface area contributed by atoms with Crippen LogP contribution in [0.25, 0.3) is 11.1 Å². The fourth-order valence-corrected chi connectivity index (χ4v) is 1.77. The van der Waals surface area contributed by atoms with Crippen molar-refractivity contribution in [3.63, 3.8) is 0 Å². The van der Waals surface area contributed by atoms with Crippen molar-refractivity contribution in [2.24, 2.45) is 0 Å². The Labute approximate surface area is 118 Å². The monoisotopic (exact) mass is 268 g/mol. The van der Waals surface area contributed by atoms with Gasteiger partial charge in [0.15, 0.2) is 0 Å². The highest BCUT2D eigenvalue weighted by Crippen LogP contribution is 2.23. The van der Waals surface area contributed by atoms with Crippen molar-refractivity contribution in [2.75, 3.05) is 13.7 Å². The zero-order valence-corrected chi connectivity index (χ0v) is 11.3. The first-order chi connectivity index (χ1) is 9.70. The lowest BCUT2D eigenvalue weighted by Crippen LogP contribution is -2.11. The number of carbonyl (C=O) groups is 1. The van der Waals surface area contributed by atoms with Crippen molar-refractivity contribution in [3.05, 3.63) is 66.7 Å². The number of benzene rings is 2. The third kappa shape index (κ3) is 3.48. The Kier molecular flexibility index (Phi) is 4.56. The number of methoxy groups -OCH3 is 1. The molecule has 3 nitrogen and oxygen atoms in total. The van der Waals surface area contributed by atoms with Gasteiger partial charge in [-0.05, 0) is 23.3 Å². The van der Waals surface area contributed by atoms with Crippen molar-refractivity contribution in [2.45, 2.75) is 0 Å². The Balaban J connectivity index is 2.07. The van der Waals surface area contributed by atoms with E-state index in [1.54, 1.807) is 0 Å². The fraction of sp³-hybridized carbons (Fsp3) is 0.118. The van der Waals surface area contributed by atoms with Gasteiger partial charge in [0.05, 0.1) is 12.7 Å². The molecule has 2 aromatic carbocycles. The van der Waals surface area contributed by atoms with Gasteiger partial charge in [0, 0.05) is 0 Å². The molecule has 0 amide bonds. The summed E-state index contributed by atoms with van der Waals surface area (Å²) in [6.07, 6.45) is 0. The highest BCUT2D eigenvalue weighted by Gasteiger charge is 2.07. The summed E-state index contributed by atoms with van der Waals surface area (Å²) in [5, 5.41) is 0. The van der Waals surface area contributed by atoms with Gasteiger partial charge in [0.1, 0.15) is 12.4 Å². The van der Waals surface area contributed by atoms with Crippen LogP contribution in [0.15, 0.2) is 66.7 Å². The third-order valence-electron chi connectivity index (χ3n) is 2.83. The quantitative estimate of drug-likeness (QED) is 0.615. The average molecular weight is 268 g/mol. The van der Waals surface area contributed by atoms with Crippen LogP contribution in [-0.2, 0) is 9.53 Å². The molecule has 0 aliphatic rings. The third-order valence-corrected chi connectivity index (χ3v) is 2.83. The number of esters is 1.